The molecule has 1 N–H and O–H groups in total. The van der Waals surface area contributed by atoms with Crippen LogP contribution in [0, 0.1) is 11.6 Å². The maximum absolute atomic E-state index is 13.8. The molecule has 2 aromatic rings. The summed E-state index contributed by atoms with van der Waals surface area (Å²) in [5.74, 6) is -2.57. The first kappa shape index (κ1) is 19.4. The number of aryl methyl sites for hydroxylation is 1. The number of nitrogens with one attached hydrogen (secondary N) is 1. The number of hydrogen-bond donors (Lipinski definition) is 1. The average Bonchev–Trinajstić information content (AvgIpc) is 3.08. The molecule has 7 nitrogen and oxygen atoms in total. The number of carbonyl (C=O) groups is 1. The summed E-state index contributed by atoms with van der Waals surface area (Å²) in [6, 6.07) is 3.85. The van der Waals surface area contributed by atoms with Gasteiger partial charge in [-0.05, 0) is 31.9 Å². The van der Waals surface area contributed by atoms with Gasteiger partial charge in [0.05, 0.1) is 11.9 Å². The van der Waals surface area contributed by atoms with Gasteiger partial charge < -0.3 is 0 Å². The zero-order valence-electron chi connectivity index (χ0n) is 14.7. The Bertz CT molecular complexity index is 925. The van der Waals surface area contributed by atoms with Crippen LogP contribution in [0.25, 0.3) is 0 Å². The molecule has 3 rings (SSSR count). The Hall–Kier alpha value is -2.33. The van der Waals surface area contributed by atoms with Crippen LogP contribution >= 0.6 is 0 Å². The molecule has 2 heterocycles. The molecule has 146 valence electrons. The molecule has 0 radical (unpaired) electrons. The van der Waals surface area contributed by atoms with Crippen LogP contribution in [0.1, 0.15) is 25.3 Å². The van der Waals surface area contributed by atoms with Gasteiger partial charge in [-0.25, -0.2) is 26.6 Å². The molecule has 1 atom stereocenters. The Morgan fingerprint density at radius 3 is 2.63 bits per heavy atom. The summed E-state index contributed by atoms with van der Waals surface area (Å²) in [6.45, 7) is 2.90. The lowest BCUT2D eigenvalue weighted by Crippen LogP contribution is -2.53. The van der Waals surface area contributed by atoms with Crippen molar-refractivity contribution in [3.05, 3.63) is 47.7 Å². The smallest absolute Gasteiger partial charge is 0.246 e. The van der Waals surface area contributed by atoms with E-state index in [2.05, 4.69) is 9.82 Å². The molecule has 1 aliphatic heterocycles. The molecule has 0 aliphatic carbocycles. The van der Waals surface area contributed by atoms with Crippen molar-refractivity contribution in [2.45, 2.75) is 38.1 Å². The Balaban J connectivity index is 1.77. The van der Waals surface area contributed by atoms with Gasteiger partial charge in [0.15, 0.2) is 0 Å². The number of anilines is 1. The van der Waals surface area contributed by atoms with Crippen molar-refractivity contribution in [3.8, 4) is 0 Å². The standard InChI is InChI=1S/C17H20F2N4O3S/c1-2-23-16(8-9-20-23)22-10-4-7-15(17(22)24)21-27(25,26)11-12-13(18)5-3-6-14(12)19/h3,5-6,8-9,15,21H,2,4,7,10-11H2,1H3/t15-/m1/s1. The Morgan fingerprint density at radius 1 is 1.26 bits per heavy atom. The zero-order chi connectivity index (χ0) is 19.6. The average molecular weight is 398 g/mol. The van der Waals surface area contributed by atoms with Crippen molar-refractivity contribution < 1.29 is 22.0 Å². The summed E-state index contributed by atoms with van der Waals surface area (Å²) in [5.41, 5.74) is -0.547. The molecule has 10 heteroatoms. The summed E-state index contributed by atoms with van der Waals surface area (Å²) in [5, 5.41) is 4.12. The van der Waals surface area contributed by atoms with E-state index in [1.54, 1.807) is 16.9 Å². The van der Waals surface area contributed by atoms with Gasteiger partial charge in [0, 0.05) is 24.7 Å². The molecule has 1 amide bonds. The van der Waals surface area contributed by atoms with Gasteiger partial charge in [0.2, 0.25) is 15.9 Å². The van der Waals surface area contributed by atoms with Gasteiger partial charge in [0.25, 0.3) is 0 Å². The molecule has 1 aliphatic rings. The molecule has 1 fully saturated rings. The summed E-state index contributed by atoms with van der Waals surface area (Å²) in [6.07, 6.45) is 2.47. The molecular weight excluding hydrogens is 378 g/mol. The highest BCUT2D eigenvalue weighted by atomic mass is 32.2. The molecule has 0 unspecified atom stereocenters. The fraction of sp³-hybridized carbons (Fsp3) is 0.412. The van der Waals surface area contributed by atoms with E-state index in [4.69, 9.17) is 0 Å². The summed E-state index contributed by atoms with van der Waals surface area (Å²) >= 11 is 0. The summed E-state index contributed by atoms with van der Waals surface area (Å²) in [7, 11) is -4.12. The maximum atomic E-state index is 13.8. The largest absolute Gasteiger partial charge is 0.296 e. The van der Waals surface area contributed by atoms with Crippen LogP contribution in [0.5, 0.6) is 0 Å². The molecule has 1 saturated heterocycles. The lowest BCUT2D eigenvalue weighted by atomic mass is 10.1. The lowest BCUT2D eigenvalue weighted by molar-refractivity contribution is -0.121. The number of piperidine rings is 1. The Labute approximate surface area is 156 Å². The lowest BCUT2D eigenvalue weighted by Gasteiger charge is -2.32. The van der Waals surface area contributed by atoms with Crippen LogP contribution in [0.2, 0.25) is 0 Å². The quantitative estimate of drug-likeness (QED) is 0.804. The van der Waals surface area contributed by atoms with Crippen molar-refractivity contribution in [2.24, 2.45) is 0 Å². The molecule has 1 aromatic carbocycles. The monoisotopic (exact) mass is 398 g/mol. The van der Waals surface area contributed by atoms with Gasteiger partial charge in [-0.3, -0.25) is 9.69 Å². The second-order valence-corrected chi connectivity index (χ2v) is 8.02. The number of aromatic nitrogens is 2. The maximum Gasteiger partial charge on any atom is 0.246 e. The summed E-state index contributed by atoms with van der Waals surface area (Å²) < 4.78 is 56.2. The minimum absolute atomic E-state index is 0.314. The van der Waals surface area contributed by atoms with E-state index in [-0.39, 0.29) is 0 Å². The predicted molar refractivity (Wildman–Crippen MR) is 95.4 cm³/mol. The first-order chi connectivity index (χ1) is 12.8. The van der Waals surface area contributed by atoms with E-state index in [0.717, 1.165) is 18.2 Å². The third kappa shape index (κ3) is 4.16. The second kappa shape index (κ2) is 7.73. The minimum atomic E-state index is -4.12. The topological polar surface area (TPSA) is 84.3 Å². The van der Waals surface area contributed by atoms with E-state index in [9.17, 15) is 22.0 Å². The van der Waals surface area contributed by atoms with E-state index >= 15 is 0 Å². The molecule has 27 heavy (non-hydrogen) atoms. The number of amides is 1. The fourth-order valence-corrected chi connectivity index (χ4v) is 4.52. The Morgan fingerprint density at radius 2 is 1.96 bits per heavy atom. The number of nitrogens with zero attached hydrogens (tertiary/aromatic N) is 3. The number of sulfonamides is 1. The molecule has 1 aromatic heterocycles. The van der Waals surface area contributed by atoms with Crippen LogP contribution in [0.3, 0.4) is 0 Å². The van der Waals surface area contributed by atoms with E-state index < -0.39 is 44.9 Å². The van der Waals surface area contributed by atoms with Gasteiger partial charge >= 0.3 is 0 Å². The molecule has 0 saturated carbocycles. The van der Waals surface area contributed by atoms with Gasteiger partial charge in [-0.2, -0.15) is 5.10 Å². The highest BCUT2D eigenvalue weighted by molar-refractivity contribution is 7.88. The molecule has 0 spiro atoms. The van der Waals surface area contributed by atoms with E-state index in [0.29, 0.717) is 31.7 Å². The third-order valence-electron chi connectivity index (χ3n) is 4.43. The van der Waals surface area contributed by atoms with Gasteiger partial charge in [0.1, 0.15) is 23.5 Å². The van der Waals surface area contributed by atoms with Crippen molar-refractivity contribution >= 4 is 21.7 Å². The van der Waals surface area contributed by atoms with Crippen LogP contribution in [-0.4, -0.2) is 36.7 Å². The molecular formula is C17H20F2N4O3S. The molecule has 0 bridgehead atoms. The minimum Gasteiger partial charge on any atom is -0.296 e. The highest BCUT2D eigenvalue weighted by Gasteiger charge is 2.34. The van der Waals surface area contributed by atoms with Crippen LogP contribution < -0.4 is 9.62 Å². The zero-order valence-corrected chi connectivity index (χ0v) is 15.5. The Kier molecular flexibility index (Phi) is 5.56. The van der Waals surface area contributed by atoms with Crippen molar-refractivity contribution in [1.82, 2.24) is 14.5 Å². The first-order valence-electron chi connectivity index (χ1n) is 8.58. The van der Waals surface area contributed by atoms with Crippen LogP contribution in [-0.2, 0) is 27.1 Å². The van der Waals surface area contributed by atoms with Crippen molar-refractivity contribution in [1.29, 1.82) is 0 Å². The van der Waals surface area contributed by atoms with Gasteiger partial charge in [-0.15, -0.1) is 0 Å². The van der Waals surface area contributed by atoms with Gasteiger partial charge in [-0.1, -0.05) is 6.07 Å². The van der Waals surface area contributed by atoms with Crippen LogP contribution in [0.4, 0.5) is 14.6 Å². The predicted octanol–water partition coefficient (Wildman–Crippen LogP) is 1.80. The second-order valence-electron chi connectivity index (χ2n) is 6.27. The third-order valence-corrected chi connectivity index (χ3v) is 5.74. The van der Waals surface area contributed by atoms with E-state index in [1.807, 2.05) is 6.92 Å². The fourth-order valence-electron chi connectivity index (χ4n) is 3.13. The first-order valence-corrected chi connectivity index (χ1v) is 10.2. The normalized spacial score (nSPS) is 18.1. The SMILES string of the molecule is CCn1nccc1N1CCC[C@@H](NS(=O)(=O)Cc2c(F)cccc2F)C1=O. The van der Waals surface area contributed by atoms with Crippen molar-refractivity contribution in [3.63, 3.8) is 0 Å². The number of halogens is 2. The van der Waals surface area contributed by atoms with Crippen LogP contribution in [0.15, 0.2) is 30.5 Å². The number of carbonyl (C=O) groups excluding carboxylic acids is 1. The van der Waals surface area contributed by atoms with Crippen molar-refractivity contribution in [2.75, 3.05) is 11.4 Å². The van der Waals surface area contributed by atoms with E-state index in [1.165, 1.54) is 4.90 Å². The summed E-state index contributed by atoms with van der Waals surface area (Å²) in [4.78, 5) is 14.2. The number of rotatable bonds is 6. The number of benzene rings is 1. The number of hydrogen-bond acceptors (Lipinski definition) is 4. The highest BCUT2D eigenvalue weighted by Crippen LogP contribution is 2.22.